The third kappa shape index (κ3) is 4.92. The molecule has 0 bridgehead atoms. The lowest BCUT2D eigenvalue weighted by molar-refractivity contribution is -0.116. The van der Waals surface area contributed by atoms with Crippen LogP contribution in [0.25, 0.3) is 11.3 Å². The lowest BCUT2D eigenvalue weighted by Crippen LogP contribution is -2.16. The minimum Gasteiger partial charge on any atom is -0.496 e. The van der Waals surface area contributed by atoms with E-state index in [2.05, 4.69) is 10.5 Å². The Labute approximate surface area is 193 Å². The summed E-state index contributed by atoms with van der Waals surface area (Å²) >= 11 is 12.4. The third-order valence-electron chi connectivity index (χ3n) is 4.52. The summed E-state index contributed by atoms with van der Waals surface area (Å²) in [4.78, 5) is 37.3. The minimum absolute atomic E-state index is 0.0212. The molecular weight excluding hydrogens is 459 g/mol. The Hall–Kier alpha value is -3.36. The largest absolute Gasteiger partial charge is 0.496 e. The molecule has 3 aromatic rings. The fraction of sp³-hybridized carbons (Fsp3) is 0.182. The van der Waals surface area contributed by atoms with Crippen LogP contribution in [0.2, 0.25) is 10.0 Å². The molecule has 0 aliphatic heterocycles. The number of esters is 1. The molecule has 0 unspecified atom stereocenters. The maximum atomic E-state index is 12.5. The summed E-state index contributed by atoms with van der Waals surface area (Å²) in [7, 11) is 2.63. The van der Waals surface area contributed by atoms with Crippen molar-refractivity contribution in [1.29, 1.82) is 0 Å². The number of rotatable bonds is 8. The second-order valence-electron chi connectivity index (χ2n) is 6.50. The van der Waals surface area contributed by atoms with Crippen molar-refractivity contribution in [3.8, 4) is 17.0 Å². The lowest BCUT2D eigenvalue weighted by atomic mass is 10.1. The molecule has 0 aliphatic rings. The van der Waals surface area contributed by atoms with Crippen LogP contribution < -0.4 is 10.1 Å². The second kappa shape index (κ2) is 10.3. The summed E-state index contributed by atoms with van der Waals surface area (Å²) in [6.07, 6.45) is -0.253. The normalized spacial score (nSPS) is 10.5. The number of halogens is 2. The highest BCUT2D eigenvalue weighted by molar-refractivity contribution is 6.39. The molecular formula is C22H18Cl2N2O6. The highest BCUT2D eigenvalue weighted by atomic mass is 35.5. The van der Waals surface area contributed by atoms with Crippen molar-refractivity contribution in [3.05, 3.63) is 63.6 Å². The van der Waals surface area contributed by atoms with E-state index in [0.29, 0.717) is 11.3 Å². The number of carbonyl (C=O) groups excluding carboxylic acids is 3. The number of para-hydroxylation sites is 1. The van der Waals surface area contributed by atoms with Crippen LogP contribution in [0.15, 0.2) is 47.0 Å². The number of aromatic nitrogens is 1. The van der Waals surface area contributed by atoms with Gasteiger partial charge in [-0.15, -0.1) is 0 Å². The number of ketones is 1. The number of Topliss-reactive ketones (excluding diaryl/α,β-unsaturated/α-hetero) is 1. The van der Waals surface area contributed by atoms with Gasteiger partial charge in [-0.25, -0.2) is 4.79 Å². The summed E-state index contributed by atoms with van der Waals surface area (Å²) < 4.78 is 15.1. The predicted molar refractivity (Wildman–Crippen MR) is 118 cm³/mol. The standard InChI is InChI=1S/C22H18Cl2N2O6/c1-30-16-9-4-3-6-12(16)15(27)10-11-17(28)25-21-19(22(29)31-2)20(26-32-21)18-13(23)7-5-8-14(18)24/h3-9H,10-11H2,1-2H3,(H,25,28). The Bertz CT molecular complexity index is 1150. The maximum Gasteiger partial charge on any atom is 0.345 e. The quantitative estimate of drug-likeness (QED) is 0.358. The van der Waals surface area contributed by atoms with Crippen molar-refractivity contribution in [2.45, 2.75) is 12.8 Å². The van der Waals surface area contributed by atoms with E-state index in [1.165, 1.54) is 14.2 Å². The van der Waals surface area contributed by atoms with Gasteiger partial charge in [-0.1, -0.05) is 46.6 Å². The van der Waals surface area contributed by atoms with Crippen molar-refractivity contribution in [1.82, 2.24) is 5.16 Å². The van der Waals surface area contributed by atoms with Crippen LogP contribution in [0.5, 0.6) is 5.75 Å². The first-order valence-electron chi connectivity index (χ1n) is 9.35. The van der Waals surface area contributed by atoms with Gasteiger partial charge < -0.3 is 14.0 Å². The van der Waals surface area contributed by atoms with Gasteiger partial charge in [0.05, 0.1) is 29.8 Å². The number of nitrogens with zero attached hydrogens (tertiary/aromatic N) is 1. The first-order chi connectivity index (χ1) is 15.4. The van der Waals surface area contributed by atoms with E-state index in [1.54, 1.807) is 42.5 Å². The van der Waals surface area contributed by atoms with Gasteiger partial charge in [0.1, 0.15) is 11.4 Å². The van der Waals surface area contributed by atoms with Crippen LogP contribution in [0.3, 0.4) is 0 Å². The maximum absolute atomic E-state index is 12.5. The molecule has 0 spiro atoms. The monoisotopic (exact) mass is 476 g/mol. The zero-order valence-electron chi connectivity index (χ0n) is 17.1. The Kier molecular flexibility index (Phi) is 7.50. The van der Waals surface area contributed by atoms with Gasteiger partial charge in [0.2, 0.25) is 11.8 Å². The molecule has 10 heteroatoms. The van der Waals surface area contributed by atoms with E-state index >= 15 is 0 Å². The molecule has 32 heavy (non-hydrogen) atoms. The molecule has 1 aromatic heterocycles. The number of amides is 1. The molecule has 0 aliphatic carbocycles. The zero-order valence-corrected chi connectivity index (χ0v) is 18.6. The van der Waals surface area contributed by atoms with Gasteiger partial charge in [-0.2, -0.15) is 0 Å². The molecule has 0 saturated carbocycles. The summed E-state index contributed by atoms with van der Waals surface area (Å²) in [5.74, 6) is -1.46. The first kappa shape index (κ1) is 23.3. The van der Waals surface area contributed by atoms with Gasteiger partial charge >= 0.3 is 5.97 Å². The van der Waals surface area contributed by atoms with Crippen molar-refractivity contribution in [3.63, 3.8) is 0 Å². The van der Waals surface area contributed by atoms with E-state index in [9.17, 15) is 14.4 Å². The Morgan fingerprint density at radius 2 is 1.69 bits per heavy atom. The first-order valence-corrected chi connectivity index (χ1v) is 10.1. The Balaban J connectivity index is 1.80. The molecule has 8 nitrogen and oxygen atoms in total. The molecule has 0 radical (unpaired) electrons. The van der Waals surface area contributed by atoms with Crippen molar-refractivity contribution in [2.24, 2.45) is 0 Å². The fourth-order valence-corrected chi connectivity index (χ4v) is 3.56. The van der Waals surface area contributed by atoms with E-state index in [4.69, 9.17) is 37.2 Å². The summed E-state index contributed by atoms with van der Waals surface area (Å²) in [6, 6.07) is 11.5. The van der Waals surface area contributed by atoms with Gasteiger partial charge in [0, 0.05) is 18.4 Å². The second-order valence-corrected chi connectivity index (χ2v) is 7.31. The van der Waals surface area contributed by atoms with Crippen LogP contribution in [-0.4, -0.2) is 37.0 Å². The van der Waals surface area contributed by atoms with Crippen LogP contribution in [-0.2, 0) is 9.53 Å². The number of benzene rings is 2. The smallest absolute Gasteiger partial charge is 0.345 e. The number of hydrogen-bond acceptors (Lipinski definition) is 7. The molecule has 1 amide bonds. The molecule has 0 atom stereocenters. The Morgan fingerprint density at radius 1 is 1.00 bits per heavy atom. The highest BCUT2D eigenvalue weighted by Crippen LogP contribution is 2.38. The van der Waals surface area contributed by atoms with E-state index in [1.807, 2.05) is 0 Å². The zero-order chi connectivity index (χ0) is 23.3. The number of nitrogens with one attached hydrogen (secondary N) is 1. The number of anilines is 1. The van der Waals surface area contributed by atoms with Crippen LogP contribution in [0, 0.1) is 0 Å². The molecule has 166 valence electrons. The highest BCUT2D eigenvalue weighted by Gasteiger charge is 2.28. The van der Waals surface area contributed by atoms with Crippen LogP contribution in [0.4, 0.5) is 5.88 Å². The molecule has 1 N–H and O–H groups in total. The van der Waals surface area contributed by atoms with Gasteiger partial charge in [-0.3, -0.25) is 14.9 Å². The van der Waals surface area contributed by atoms with Crippen LogP contribution in [0.1, 0.15) is 33.6 Å². The molecule has 0 fully saturated rings. The summed E-state index contributed by atoms with van der Waals surface area (Å²) in [5, 5.41) is 6.77. The summed E-state index contributed by atoms with van der Waals surface area (Å²) in [6.45, 7) is 0. The topological polar surface area (TPSA) is 108 Å². The predicted octanol–water partition coefficient (Wildman–Crippen LogP) is 5.05. The molecule has 0 saturated heterocycles. The third-order valence-corrected chi connectivity index (χ3v) is 5.15. The molecule has 2 aromatic carbocycles. The number of ether oxygens (including phenoxy) is 2. The van der Waals surface area contributed by atoms with E-state index < -0.39 is 11.9 Å². The van der Waals surface area contributed by atoms with Gasteiger partial charge in [0.25, 0.3) is 0 Å². The van der Waals surface area contributed by atoms with Gasteiger partial charge in [-0.05, 0) is 24.3 Å². The SMILES string of the molecule is COC(=O)c1c(-c2c(Cl)cccc2Cl)noc1NC(=O)CCC(=O)c1ccccc1OC. The average Bonchev–Trinajstić information content (AvgIpc) is 3.19. The van der Waals surface area contributed by atoms with Crippen molar-refractivity contribution in [2.75, 3.05) is 19.5 Å². The number of carbonyl (C=O) groups is 3. The van der Waals surface area contributed by atoms with Crippen molar-refractivity contribution < 1.29 is 28.4 Å². The van der Waals surface area contributed by atoms with E-state index in [0.717, 1.165) is 0 Å². The molecule has 1 heterocycles. The number of methoxy groups -OCH3 is 2. The van der Waals surface area contributed by atoms with Crippen LogP contribution >= 0.6 is 23.2 Å². The number of hydrogen-bond donors (Lipinski definition) is 1. The van der Waals surface area contributed by atoms with Crippen molar-refractivity contribution >= 4 is 46.7 Å². The molecule has 3 rings (SSSR count). The lowest BCUT2D eigenvalue weighted by Gasteiger charge is -2.08. The summed E-state index contributed by atoms with van der Waals surface area (Å²) in [5.41, 5.74) is 0.500. The average molecular weight is 477 g/mol. The van der Waals surface area contributed by atoms with E-state index in [-0.39, 0.29) is 51.4 Å². The fourth-order valence-electron chi connectivity index (χ4n) is 2.99. The minimum atomic E-state index is -0.808. The Morgan fingerprint density at radius 3 is 2.34 bits per heavy atom. The van der Waals surface area contributed by atoms with Gasteiger partial charge in [0.15, 0.2) is 11.3 Å².